The van der Waals surface area contributed by atoms with Crippen molar-refractivity contribution in [3.63, 3.8) is 0 Å². The molecule has 0 saturated heterocycles. The van der Waals surface area contributed by atoms with Crippen molar-refractivity contribution in [2.75, 3.05) is 0 Å². The summed E-state index contributed by atoms with van der Waals surface area (Å²) in [6.45, 7) is 2.25. The van der Waals surface area contributed by atoms with Crippen LogP contribution in [0.15, 0.2) is 0 Å². The van der Waals surface area contributed by atoms with Crippen LogP contribution in [0.3, 0.4) is 0 Å². The predicted molar refractivity (Wildman–Crippen MR) is 39.3 cm³/mol. The van der Waals surface area contributed by atoms with Crippen LogP contribution in [0, 0.1) is 0 Å². The van der Waals surface area contributed by atoms with Gasteiger partial charge < -0.3 is 0 Å². The van der Waals surface area contributed by atoms with Gasteiger partial charge in [0.25, 0.3) is 0 Å². The fraction of sp³-hybridized carbons (Fsp3) is 1.00. The van der Waals surface area contributed by atoms with Crippen molar-refractivity contribution in [2.45, 2.75) is 44.3 Å². The van der Waals surface area contributed by atoms with Crippen LogP contribution in [0.5, 0.6) is 0 Å². The summed E-state index contributed by atoms with van der Waals surface area (Å²) in [6, 6.07) is 0. The van der Waals surface area contributed by atoms with Gasteiger partial charge in [0, 0.05) is 0 Å². The Labute approximate surface area is 60.9 Å². The van der Waals surface area contributed by atoms with Gasteiger partial charge >= 0.3 is 60.4 Å². The van der Waals surface area contributed by atoms with E-state index in [1.54, 1.807) is 0 Å². The molecule has 0 aliphatic carbocycles. The van der Waals surface area contributed by atoms with E-state index in [4.69, 9.17) is 0 Å². The van der Waals surface area contributed by atoms with Gasteiger partial charge in [-0.15, -0.1) is 0 Å². The van der Waals surface area contributed by atoms with Crippen LogP contribution < -0.4 is 0 Å². The van der Waals surface area contributed by atoms with E-state index in [-0.39, 0.29) is 0 Å². The molecule has 0 heterocycles. The molecule has 0 N–H and O–H groups in total. The first-order valence-electron chi connectivity index (χ1n) is 3.50. The van der Waals surface area contributed by atoms with Crippen LogP contribution in [0.1, 0.15) is 39.0 Å². The first kappa shape index (κ1) is 8.52. The minimum absolute atomic E-state index is 1.24. The standard InChI is InChI=1S/C7H15Se/c1-2-3-4-5-6-7-8/h2-7H2,1H3. The quantitative estimate of drug-likeness (QED) is 0.448. The van der Waals surface area contributed by atoms with E-state index in [1.807, 2.05) is 0 Å². The Morgan fingerprint density at radius 1 is 1.00 bits per heavy atom. The zero-order valence-corrected chi connectivity index (χ0v) is 7.36. The van der Waals surface area contributed by atoms with Crippen molar-refractivity contribution in [3.8, 4) is 0 Å². The van der Waals surface area contributed by atoms with Gasteiger partial charge in [0.1, 0.15) is 0 Å². The van der Waals surface area contributed by atoms with Crippen molar-refractivity contribution < 1.29 is 0 Å². The molecule has 0 saturated carbocycles. The molecule has 0 rings (SSSR count). The number of hydrogen-bond donors (Lipinski definition) is 0. The third kappa shape index (κ3) is 6.52. The molecule has 0 aromatic carbocycles. The van der Waals surface area contributed by atoms with Crippen LogP contribution in [-0.4, -0.2) is 16.0 Å². The van der Waals surface area contributed by atoms with Crippen molar-refractivity contribution in [3.05, 3.63) is 0 Å². The normalized spacial score (nSPS) is 9.75. The Morgan fingerprint density at radius 3 is 2.12 bits per heavy atom. The Morgan fingerprint density at radius 2 is 1.62 bits per heavy atom. The first-order chi connectivity index (χ1) is 3.91. The van der Waals surface area contributed by atoms with Crippen LogP contribution in [0.2, 0.25) is 5.32 Å². The molecule has 0 fully saturated rings. The zero-order valence-electron chi connectivity index (χ0n) is 5.65. The predicted octanol–water partition coefficient (Wildman–Crippen LogP) is 2.54. The molecule has 1 heteroatoms. The Balaban J connectivity index is 2.53. The van der Waals surface area contributed by atoms with E-state index < -0.39 is 0 Å². The number of rotatable bonds is 5. The molecule has 0 aliphatic rings. The van der Waals surface area contributed by atoms with E-state index in [0.717, 1.165) is 0 Å². The summed E-state index contributed by atoms with van der Waals surface area (Å²) in [5.41, 5.74) is 0. The molecule has 1 radical (unpaired) electrons. The maximum absolute atomic E-state index is 3.02. The van der Waals surface area contributed by atoms with E-state index >= 15 is 0 Å². The average Bonchev–Trinajstić information content (AvgIpc) is 1.81. The van der Waals surface area contributed by atoms with Crippen molar-refractivity contribution in [1.29, 1.82) is 0 Å². The Hall–Kier alpha value is 0.519. The Bertz CT molecular complexity index is 29.4. The topological polar surface area (TPSA) is 0 Å². The molecule has 0 spiro atoms. The van der Waals surface area contributed by atoms with E-state index in [1.165, 1.54) is 37.4 Å². The van der Waals surface area contributed by atoms with Gasteiger partial charge in [-0.25, -0.2) is 0 Å². The summed E-state index contributed by atoms with van der Waals surface area (Å²) in [7, 11) is 0. The second kappa shape index (κ2) is 7.52. The van der Waals surface area contributed by atoms with Gasteiger partial charge in [0.2, 0.25) is 0 Å². The molecule has 0 nitrogen and oxygen atoms in total. The van der Waals surface area contributed by atoms with Crippen molar-refractivity contribution in [2.24, 2.45) is 0 Å². The van der Waals surface area contributed by atoms with E-state index in [2.05, 4.69) is 22.9 Å². The molecule has 0 aliphatic heterocycles. The molecule has 0 aromatic rings. The SMILES string of the molecule is CCCCCCC[Se]. The molecule has 49 valence electrons. The monoisotopic (exact) mass is 179 g/mol. The Kier molecular flexibility index (Phi) is 8.01. The summed E-state index contributed by atoms with van der Waals surface area (Å²) < 4.78 is 0. The molecular weight excluding hydrogens is 163 g/mol. The van der Waals surface area contributed by atoms with Gasteiger partial charge in [-0.3, -0.25) is 0 Å². The molecule has 0 amide bonds. The van der Waals surface area contributed by atoms with Crippen LogP contribution in [0.25, 0.3) is 0 Å². The molecular formula is C7H15Se. The minimum atomic E-state index is 1.24. The van der Waals surface area contributed by atoms with Gasteiger partial charge in [0.15, 0.2) is 0 Å². The van der Waals surface area contributed by atoms with Crippen LogP contribution >= 0.6 is 0 Å². The number of unbranched alkanes of at least 4 members (excludes halogenated alkanes) is 4. The summed E-state index contributed by atoms with van der Waals surface area (Å²) in [6.07, 6.45) is 6.99. The third-order valence-electron chi connectivity index (χ3n) is 1.25. The molecule has 0 bridgehead atoms. The average molecular weight is 178 g/mol. The summed E-state index contributed by atoms with van der Waals surface area (Å²) in [5, 5.41) is 1.24. The first-order valence-corrected chi connectivity index (χ1v) is 4.71. The second-order valence-corrected chi connectivity index (χ2v) is 2.97. The fourth-order valence-corrected chi connectivity index (χ4v) is 1.13. The fourth-order valence-electron chi connectivity index (χ4n) is 0.706. The van der Waals surface area contributed by atoms with Gasteiger partial charge in [-0.1, -0.05) is 0 Å². The van der Waals surface area contributed by atoms with Crippen molar-refractivity contribution in [1.82, 2.24) is 0 Å². The van der Waals surface area contributed by atoms with Crippen molar-refractivity contribution >= 4 is 16.0 Å². The van der Waals surface area contributed by atoms with E-state index in [0.29, 0.717) is 0 Å². The second-order valence-electron chi connectivity index (χ2n) is 2.12. The molecule has 0 atom stereocenters. The molecule has 0 aromatic heterocycles. The summed E-state index contributed by atoms with van der Waals surface area (Å²) in [4.78, 5) is 0. The number of hydrogen-bond acceptors (Lipinski definition) is 0. The summed E-state index contributed by atoms with van der Waals surface area (Å²) in [5.74, 6) is 0. The van der Waals surface area contributed by atoms with Crippen LogP contribution in [-0.2, 0) is 0 Å². The third-order valence-corrected chi connectivity index (χ3v) is 1.85. The van der Waals surface area contributed by atoms with Gasteiger partial charge in [-0.05, 0) is 0 Å². The van der Waals surface area contributed by atoms with Crippen LogP contribution in [0.4, 0.5) is 0 Å². The van der Waals surface area contributed by atoms with Gasteiger partial charge in [0.05, 0.1) is 0 Å². The zero-order chi connectivity index (χ0) is 6.24. The molecule has 0 unspecified atom stereocenters. The molecule has 8 heavy (non-hydrogen) atoms. The summed E-state index contributed by atoms with van der Waals surface area (Å²) >= 11 is 3.02. The maximum atomic E-state index is 3.02. The van der Waals surface area contributed by atoms with Gasteiger partial charge in [-0.2, -0.15) is 0 Å². The van der Waals surface area contributed by atoms with E-state index in [9.17, 15) is 0 Å².